The van der Waals surface area contributed by atoms with Gasteiger partial charge in [-0.3, -0.25) is 4.79 Å². The van der Waals surface area contributed by atoms with E-state index in [4.69, 9.17) is 5.11 Å². The maximum atomic E-state index is 12.6. The fraction of sp³-hybridized carbons (Fsp3) is 0.867. The first-order chi connectivity index (χ1) is 9.61. The van der Waals surface area contributed by atoms with Crippen LogP contribution < -0.4 is 0 Å². The number of aliphatic carboxylic acids is 1. The van der Waals surface area contributed by atoms with Gasteiger partial charge in [0.2, 0.25) is 0 Å². The van der Waals surface area contributed by atoms with E-state index in [0.717, 1.165) is 51.7 Å². The third kappa shape index (κ3) is 3.64. The first-order valence-corrected chi connectivity index (χ1v) is 7.89. The number of carboxylic acid groups (broad SMARTS) is 1. The van der Waals surface area contributed by atoms with Crippen molar-refractivity contribution in [2.75, 3.05) is 19.6 Å². The lowest BCUT2D eigenvalue weighted by atomic mass is 9.98. The lowest BCUT2D eigenvalue weighted by Gasteiger charge is -2.38. The molecule has 2 fully saturated rings. The highest BCUT2D eigenvalue weighted by molar-refractivity contribution is 5.75. The van der Waals surface area contributed by atoms with Gasteiger partial charge in [0.05, 0.1) is 0 Å². The third-order valence-corrected chi connectivity index (χ3v) is 4.70. The molecule has 5 nitrogen and oxygen atoms in total. The van der Waals surface area contributed by atoms with Crippen LogP contribution in [-0.4, -0.2) is 52.6 Å². The topological polar surface area (TPSA) is 60.9 Å². The van der Waals surface area contributed by atoms with Gasteiger partial charge in [0.1, 0.15) is 0 Å². The van der Waals surface area contributed by atoms with Gasteiger partial charge in [0.15, 0.2) is 0 Å². The van der Waals surface area contributed by atoms with E-state index in [1.807, 2.05) is 9.80 Å². The van der Waals surface area contributed by atoms with Crippen LogP contribution in [0.1, 0.15) is 51.9 Å². The summed E-state index contributed by atoms with van der Waals surface area (Å²) in [7, 11) is 0. The number of hydrogen-bond donors (Lipinski definition) is 1. The number of rotatable bonds is 4. The Morgan fingerprint density at radius 2 is 2.00 bits per heavy atom. The number of carbonyl (C=O) groups is 2. The van der Waals surface area contributed by atoms with Crippen LogP contribution in [0.3, 0.4) is 0 Å². The molecule has 20 heavy (non-hydrogen) atoms. The van der Waals surface area contributed by atoms with Crippen LogP contribution in [0, 0.1) is 5.92 Å². The van der Waals surface area contributed by atoms with Gasteiger partial charge in [-0.15, -0.1) is 0 Å². The molecule has 0 bridgehead atoms. The van der Waals surface area contributed by atoms with Gasteiger partial charge in [-0.2, -0.15) is 0 Å². The monoisotopic (exact) mass is 282 g/mol. The van der Waals surface area contributed by atoms with Crippen molar-refractivity contribution in [3.05, 3.63) is 0 Å². The highest BCUT2D eigenvalue weighted by atomic mass is 16.4. The predicted octanol–water partition coefficient (Wildman–Crippen LogP) is 2.56. The fourth-order valence-electron chi connectivity index (χ4n) is 3.36. The lowest BCUT2D eigenvalue weighted by Crippen LogP contribution is -2.49. The van der Waals surface area contributed by atoms with Crippen molar-refractivity contribution in [3.63, 3.8) is 0 Å². The van der Waals surface area contributed by atoms with E-state index in [1.165, 1.54) is 0 Å². The zero-order valence-corrected chi connectivity index (χ0v) is 12.4. The van der Waals surface area contributed by atoms with Crippen LogP contribution in [0.4, 0.5) is 4.79 Å². The van der Waals surface area contributed by atoms with Crippen molar-refractivity contribution < 1.29 is 14.7 Å². The molecule has 2 aliphatic rings. The van der Waals surface area contributed by atoms with Gasteiger partial charge in [0, 0.05) is 32.1 Å². The zero-order valence-electron chi connectivity index (χ0n) is 12.4. The molecule has 2 aliphatic heterocycles. The number of nitrogens with zero attached hydrogens (tertiary/aromatic N) is 2. The highest BCUT2D eigenvalue weighted by Crippen LogP contribution is 2.26. The summed E-state index contributed by atoms with van der Waals surface area (Å²) in [5.41, 5.74) is 0. The smallest absolute Gasteiger partial charge is 0.320 e. The van der Waals surface area contributed by atoms with Gasteiger partial charge in [0.25, 0.3) is 0 Å². The summed E-state index contributed by atoms with van der Waals surface area (Å²) >= 11 is 0. The van der Waals surface area contributed by atoms with E-state index in [2.05, 4.69) is 6.92 Å². The second kappa shape index (κ2) is 6.95. The predicted molar refractivity (Wildman–Crippen MR) is 76.6 cm³/mol. The summed E-state index contributed by atoms with van der Waals surface area (Å²) in [6, 6.07) is 0.254. The quantitative estimate of drug-likeness (QED) is 0.862. The van der Waals surface area contributed by atoms with E-state index in [-0.39, 0.29) is 18.5 Å². The Labute approximate surface area is 120 Å². The number of amides is 2. The molecule has 2 atom stereocenters. The van der Waals surface area contributed by atoms with Gasteiger partial charge in [-0.1, -0.05) is 13.3 Å². The minimum Gasteiger partial charge on any atom is -0.481 e. The van der Waals surface area contributed by atoms with Crippen LogP contribution in [0.15, 0.2) is 0 Å². The Balaban J connectivity index is 1.93. The number of likely N-dealkylation sites (tertiary alicyclic amines) is 2. The molecule has 2 heterocycles. The van der Waals surface area contributed by atoms with Crippen molar-refractivity contribution in [1.82, 2.24) is 9.80 Å². The molecule has 2 saturated heterocycles. The first kappa shape index (κ1) is 15.1. The van der Waals surface area contributed by atoms with Crippen LogP contribution in [0.2, 0.25) is 0 Å². The van der Waals surface area contributed by atoms with E-state index in [9.17, 15) is 9.59 Å². The lowest BCUT2D eigenvalue weighted by molar-refractivity contribution is -0.137. The highest BCUT2D eigenvalue weighted by Gasteiger charge is 2.33. The average Bonchev–Trinajstić information content (AvgIpc) is 2.93. The molecule has 0 aromatic carbocycles. The van der Waals surface area contributed by atoms with Crippen molar-refractivity contribution in [3.8, 4) is 0 Å². The van der Waals surface area contributed by atoms with Gasteiger partial charge in [-0.05, 0) is 38.0 Å². The molecule has 2 amide bonds. The first-order valence-electron chi connectivity index (χ1n) is 7.89. The van der Waals surface area contributed by atoms with Crippen LogP contribution in [0.5, 0.6) is 0 Å². The number of urea groups is 1. The molecule has 2 unspecified atom stereocenters. The molecule has 1 N–H and O–H groups in total. The summed E-state index contributed by atoms with van der Waals surface area (Å²) in [6.07, 6.45) is 6.08. The minimum atomic E-state index is -0.768. The Bertz CT molecular complexity index is 359. The molecular formula is C15H26N2O3. The van der Waals surface area contributed by atoms with Crippen molar-refractivity contribution in [2.24, 2.45) is 5.92 Å². The Morgan fingerprint density at radius 1 is 1.20 bits per heavy atom. The standard InChI is InChI=1S/C15H26N2O3/c1-2-12-8-10-16(11-12)15(20)17-9-4-3-5-13(17)6-7-14(18)19/h12-13H,2-11H2,1H3,(H,18,19). The van der Waals surface area contributed by atoms with Crippen molar-refractivity contribution in [1.29, 1.82) is 0 Å². The van der Waals surface area contributed by atoms with E-state index in [0.29, 0.717) is 12.3 Å². The maximum absolute atomic E-state index is 12.6. The zero-order chi connectivity index (χ0) is 14.5. The number of hydrogen-bond acceptors (Lipinski definition) is 2. The molecule has 0 aromatic rings. The molecule has 0 spiro atoms. The van der Waals surface area contributed by atoms with E-state index in [1.54, 1.807) is 0 Å². The van der Waals surface area contributed by atoms with Gasteiger partial charge < -0.3 is 14.9 Å². The van der Waals surface area contributed by atoms with Gasteiger partial charge in [-0.25, -0.2) is 4.79 Å². The summed E-state index contributed by atoms with van der Waals surface area (Å²) in [4.78, 5) is 27.3. The van der Waals surface area contributed by atoms with Crippen LogP contribution in [-0.2, 0) is 4.79 Å². The molecule has 5 heteroatoms. The third-order valence-electron chi connectivity index (χ3n) is 4.70. The fourth-order valence-corrected chi connectivity index (χ4v) is 3.36. The second-order valence-corrected chi connectivity index (χ2v) is 6.07. The Kier molecular flexibility index (Phi) is 5.26. The van der Waals surface area contributed by atoms with Crippen LogP contribution >= 0.6 is 0 Å². The summed E-state index contributed by atoms with van der Waals surface area (Å²) in [6.45, 7) is 4.70. The molecular weight excluding hydrogens is 256 g/mol. The molecule has 0 aromatic heterocycles. The molecule has 0 radical (unpaired) electrons. The summed E-state index contributed by atoms with van der Waals surface area (Å²) < 4.78 is 0. The summed E-state index contributed by atoms with van der Waals surface area (Å²) in [5, 5.41) is 8.83. The molecule has 0 saturated carbocycles. The van der Waals surface area contributed by atoms with E-state index < -0.39 is 5.97 Å². The number of piperidine rings is 1. The van der Waals surface area contributed by atoms with Crippen molar-refractivity contribution in [2.45, 2.75) is 57.9 Å². The largest absolute Gasteiger partial charge is 0.481 e. The number of carboxylic acids is 1. The van der Waals surface area contributed by atoms with E-state index >= 15 is 0 Å². The van der Waals surface area contributed by atoms with Gasteiger partial charge >= 0.3 is 12.0 Å². The normalized spacial score (nSPS) is 26.9. The molecule has 114 valence electrons. The summed E-state index contributed by atoms with van der Waals surface area (Å²) in [5.74, 6) is -0.128. The minimum absolute atomic E-state index is 0.119. The van der Waals surface area contributed by atoms with Crippen LogP contribution in [0.25, 0.3) is 0 Å². The molecule has 0 aliphatic carbocycles. The number of carbonyl (C=O) groups excluding carboxylic acids is 1. The average molecular weight is 282 g/mol. The molecule has 2 rings (SSSR count). The van der Waals surface area contributed by atoms with Crippen molar-refractivity contribution >= 4 is 12.0 Å². The SMILES string of the molecule is CCC1CCN(C(=O)N2CCCCC2CCC(=O)O)C1. The maximum Gasteiger partial charge on any atom is 0.320 e. The second-order valence-electron chi connectivity index (χ2n) is 6.07. The Morgan fingerprint density at radius 3 is 2.65 bits per heavy atom. The Hall–Kier alpha value is -1.26.